The molecule has 0 amide bonds. The minimum Gasteiger partial charge on any atom is -0.489 e. The second kappa shape index (κ2) is 6.42. The average Bonchev–Trinajstić information content (AvgIpc) is 2.46. The molecule has 2 aromatic rings. The maximum absolute atomic E-state index is 5.77. The third-order valence-corrected chi connectivity index (χ3v) is 3.59. The van der Waals surface area contributed by atoms with Crippen LogP contribution in [0.4, 0.5) is 0 Å². The minimum atomic E-state index is 0.629. The third-order valence-electron chi connectivity index (χ3n) is 3.59. The molecular formula is C18H22O. The summed E-state index contributed by atoms with van der Waals surface area (Å²) in [4.78, 5) is 0. The van der Waals surface area contributed by atoms with E-state index < -0.39 is 0 Å². The first-order chi connectivity index (χ1) is 9.19. The number of hydrogen-bond donors (Lipinski definition) is 0. The van der Waals surface area contributed by atoms with Gasteiger partial charge in [0, 0.05) is 0 Å². The van der Waals surface area contributed by atoms with Gasteiger partial charge in [0.2, 0.25) is 0 Å². The molecule has 2 aromatic carbocycles. The van der Waals surface area contributed by atoms with Crippen molar-refractivity contribution in [3.63, 3.8) is 0 Å². The summed E-state index contributed by atoms with van der Waals surface area (Å²) in [6.07, 6.45) is 1.18. The Balaban J connectivity index is 1.94. The van der Waals surface area contributed by atoms with Crippen LogP contribution in [0, 0.1) is 6.92 Å². The molecule has 0 spiro atoms. The van der Waals surface area contributed by atoms with Crippen LogP contribution in [0.1, 0.15) is 42.9 Å². The Morgan fingerprint density at radius 3 is 2.16 bits per heavy atom. The maximum atomic E-state index is 5.77. The van der Waals surface area contributed by atoms with E-state index in [1.807, 2.05) is 12.1 Å². The number of ether oxygens (including phenoxy) is 1. The van der Waals surface area contributed by atoms with Crippen molar-refractivity contribution < 1.29 is 4.74 Å². The standard InChI is InChI=1S/C18H22O/c1-4-15(3)17-9-7-16(8-10-17)13-19-18-11-5-14(2)6-12-18/h5-12,15H,4,13H2,1-3H3. The molecule has 2 rings (SSSR count). The van der Waals surface area contributed by atoms with E-state index in [0.29, 0.717) is 12.5 Å². The van der Waals surface area contributed by atoms with Crippen molar-refractivity contribution in [2.75, 3.05) is 0 Å². The molecule has 0 bridgehead atoms. The van der Waals surface area contributed by atoms with Gasteiger partial charge in [-0.05, 0) is 42.5 Å². The molecule has 1 heteroatoms. The minimum absolute atomic E-state index is 0.629. The van der Waals surface area contributed by atoms with E-state index in [0.717, 1.165) is 5.75 Å². The monoisotopic (exact) mass is 254 g/mol. The van der Waals surface area contributed by atoms with E-state index >= 15 is 0 Å². The van der Waals surface area contributed by atoms with E-state index in [9.17, 15) is 0 Å². The van der Waals surface area contributed by atoms with Gasteiger partial charge < -0.3 is 4.74 Å². The lowest BCUT2D eigenvalue weighted by molar-refractivity contribution is 0.306. The van der Waals surface area contributed by atoms with Gasteiger partial charge in [0.15, 0.2) is 0 Å². The van der Waals surface area contributed by atoms with Gasteiger partial charge in [0.05, 0.1) is 0 Å². The van der Waals surface area contributed by atoms with E-state index in [1.54, 1.807) is 0 Å². The summed E-state index contributed by atoms with van der Waals surface area (Å²) in [6.45, 7) is 7.19. The Morgan fingerprint density at radius 2 is 1.58 bits per heavy atom. The van der Waals surface area contributed by atoms with Crippen LogP contribution in [-0.2, 0) is 6.61 Å². The van der Waals surface area contributed by atoms with Crippen molar-refractivity contribution in [3.05, 3.63) is 65.2 Å². The largest absolute Gasteiger partial charge is 0.489 e. The first kappa shape index (κ1) is 13.7. The van der Waals surface area contributed by atoms with Gasteiger partial charge in [0.1, 0.15) is 12.4 Å². The Kier molecular flexibility index (Phi) is 4.62. The SMILES string of the molecule is CCC(C)c1ccc(COc2ccc(C)cc2)cc1. The van der Waals surface area contributed by atoms with Crippen LogP contribution in [0.25, 0.3) is 0 Å². The molecule has 0 aliphatic carbocycles. The summed E-state index contributed by atoms with van der Waals surface area (Å²) in [5, 5.41) is 0. The van der Waals surface area contributed by atoms with Crippen LogP contribution in [0.5, 0.6) is 5.75 Å². The first-order valence-electron chi connectivity index (χ1n) is 6.97. The summed E-state index contributed by atoms with van der Waals surface area (Å²) in [7, 11) is 0. The van der Waals surface area contributed by atoms with Crippen LogP contribution >= 0.6 is 0 Å². The number of hydrogen-bond acceptors (Lipinski definition) is 1. The lowest BCUT2D eigenvalue weighted by Gasteiger charge is -2.10. The zero-order valence-corrected chi connectivity index (χ0v) is 12.0. The third kappa shape index (κ3) is 3.85. The van der Waals surface area contributed by atoms with Gasteiger partial charge in [-0.15, -0.1) is 0 Å². The zero-order chi connectivity index (χ0) is 13.7. The van der Waals surface area contributed by atoms with Crippen molar-refractivity contribution in [3.8, 4) is 5.75 Å². The van der Waals surface area contributed by atoms with Gasteiger partial charge in [-0.1, -0.05) is 55.8 Å². The van der Waals surface area contributed by atoms with E-state index in [-0.39, 0.29) is 0 Å². The van der Waals surface area contributed by atoms with Gasteiger partial charge in [-0.3, -0.25) is 0 Å². The second-order valence-corrected chi connectivity index (χ2v) is 5.15. The quantitative estimate of drug-likeness (QED) is 0.722. The Hall–Kier alpha value is -1.76. The molecule has 0 heterocycles. The van der Waals surface area contributed by atoms with Gasteiger partial charge >= 0.3 is 0 Å². The fraction of sp³-hybridized carbons (Fsp3) is 0.333. The number of aryl methyl sites for hydroxylation is 1. The van der Waals surface area contributed by atoms with Gasteiger partial charge in [0.25, 0.3) is 0 Å². The van der Waals surface area contributed by atoms with Crippen molar-refractivity contribution >= 4 is 0 Å². The fourth-order valence-electron chi connectivity index (χ4n) is 1.98. The van der Waals surface area contributed by atoms with Crippen LogP contribution in [0.2, 0.25) is 0 Å². The maximum Gasteiger partial charge on any atom is 0.119 e. The van der Waals surface area contributed by atoms with Crippen LogP contribution in [0.3, 0.4) is 0 Å². The van der Waals surface area contributed by atoms with E-state index in [4.69, 9.17) is 4.74 Å². The highest BCUT2D eigenvalue weighted by molar-refractivity contribution is 5.28. The molecule has 19 heavy (non-hydrogen) atoms. The normalized spacial score (nSPS) is 12.2. The lowest BCUT2D eigenvalue weighted by atomic mass is 9.98. The highest BCUT2D eigenvalue weighted by atomic mass is 16.5. The Labute approximate surface area is 116 Å². The first-order valence-corrected chi connectivity index (χ1v) is 6.97. The molecule has 0 aliphatic heterocycles. The molecule has 0 aliphatic rings. The van der Waals surface area contributed by atoms with Crippen LogP contribution in [-0.4, -0.2) is 0 Å². The number of benzene rings is 2. The van der Waals surface area contributed by atoms with Crippen molar-refractivity contribution in [1.29, 1.82) is 0 Å². The fourth-order valence-corrected chi connectivity index (χ4v) is 1.98. The summed E-state index contributed by atoms with van der Waals surface area (Å²) in [5.41, 5.74) is 3.87. The predicted octanol–water partition coefficient (Wildman–Crippen LogP) is 5.09. The van der Waals surface area contributed by atoms with Crippen molar-refractivity contribution in [1.82, 2.24) is 0 Å². The van der Waals surface area contributed by atoms with Crippen molar-refractivity contribution in [2.45, 2.75) is 39.7 Å². The smallest absolute Gasteiger partial charge is 0.119 e. The second-order valence-electron chi connectivity index (χ2n) is 5.15. The number of rotatable bonds is 5. The average molecular weight is 254 g/mol. The summed E-state index contributed by atoms with van der Waals surface area (Å²) >= 11 is 0. The molecule has 0 N–H and O–H groups in total. The van der Waals surface area contributed by atoms with E-state index in [1.165, 1.54) is 23.1 Å². The van der Waals surface area contributed by atoms with Gasteiger partial charge in [-0.25, -0.2) is 0 Å². The predicted molar refractivity (Wildman–Crippen MR) is 80.7 cm³/mol. The molecule has 1 nitrogen and oxygen atoms in total. The van der Waals surface area contributed by atoms with Crippen LogP contribution < -0.4 is 4.74 Å². The lowest BCUT2D eigenvalue weighted by Crippen LogP contribution is -1.97. The highest BCUT2D eigenvalue weighted by Crippen LogP contribution is 2.19. The topological polar surface area (TPSA) is 9.23 Å². The molecule has 0 saturated heterocycles. The molecule has 100 valence electrons. The molecule has 0 fully saturated rings. The van der Waals surface area contributed by atoms with E-state index in [2.05, 4.69) is 57.2 Å². The molecule has 0 aromatic heterocycles. The molecule has 1 unspecified atom stereocenters. The highest BCUT2D eigenvalue weighted by Gasteiger charge is 2.02. The van der Waals surface area contributed by atoms with Gasteiger partial charge in [-0.2, -0.15) is 0 Å². The van der Waals surface area contributed by atoms with Crippen LogP contribution in [0.15, 0.2) is 48.5 Å². The summed E-state index contributed by atoms with van der Waals surface area (Å²) in [6, 6.07) is 16.9. The zero-order valence-electron chi connectivity index (χ0n) is 12.0. The van der Waals surface area contributed by atoms with Crippen molar-refractivity contribution in [2.24, 2.45) is 0 Å². The molecule has 0 radical (unpaired) electrons. The Bertz CT molecular complexity index is 496. The Morgan fingerprint density at radius 1 is 0.947 bits per heavy atom. The molecular weight excluding hydrogens is 232 g/mol. The molecule has 0 saturated carbocycles. The summed E-state index contributed by atoms with van der Waals surface area (Å²) < 4.78 is 5.77. The molecule has 1 atom stereocenters. The summed E-state index contributed by atoms with van der Waals surface area (Å²) in [5.74, 6) is 1.56.